The van der Waals surface area contributed by atoms with Crippen LogP contribution in [0.2, 0.25) is 0 Å². The zero-order chi connectivity index (χ0) is 23.3. The minimum absolute atomic E-state index is 0.231. The third kappa shape index (κ3) is 3.53. The normalized spacial score (nSPS) is 26.3. The van der Waals surface area contributed by atoms with Gasteiger partial charge < -0.3 is 25.4 Å². The number of hydrogen-bond acceptors (Lipinski definition) is 6. The van der Waals surface area contributed by atoms with Crippen LogP contribution in [0.1, 0.15) is 22.7 Å². The molecule has 1 fully saturated rings. The van der Waals surface area contributed by atoms with Crippen molar-refractivity contribution in [2.24, 2.45) is 5.92 Å². The summed E-state index contributed by atoms with van der Waals surface area (Å²) in [5, 5.41) is 32.3. The van der Waals surface area contributed by atoms with Crippen LogP contribution in [0.15, 0.2) is 36.4 Å². The molecular weight excluding hydrogens is 428 g/mol. The monoisotopic (exact) mass is 452 g/mol. The number of aliphatic carboxylic acids is 3. The quantitative estimate of drug-likeness (QED) is 0.531. The van der Waals surface area contributed by atoms with Crippen LogP contribution in [0.25, 0.3) is 11.1 Å². The number of hydrogen-bond donors (Lipinski definition) is 4. The van der Waals surface area contributed by atoms with E-state index in [0.29, 0.717) is 18.8 Å². The zero-order valence-electron chi connectivity index (χ0n) is 17.7. The predicted molar refractivity (Wildman–Crippen MR) is 116 cm³/mol. The molecule has 3 aliphatic rings. The lowest BCUT2D eigenvalue weighted by Crippen LogP contribution is -2.57. The van der Waals surface area contributed by atoms with Crippen LogP contribution in [0, 0.1) is 5.92 Å². The second-order valence-corrected chi connectivity index (χ2v) is 8.69. The topological polar surface area (TPSA) is 136 Å². The van der Waals surface area contributed by atoms with Crippen molar-refractivity contribution in [1.82, 2.24) is 10.2 Å². The van der Waals surface area contributed by atoms with Crippen LogP contribution in [0.5, 0.6) is 5.75 Å². The summed E-state index contributed by atoms with van der Waals surface area (Å²) in [5.41, 5.74) is 4.14. The number of carboxylic acid groups (broad SMARTS) is 3. The number of fused-ring (bicyclic) bond motifs is 2. The first-order valence-electron chi connectivity index (χ1n) is 10.9. The van der Waals surface area contributed by atoms with Gasteiger partial charge in [0.15, 0.2) is 6.10 Å². The van der Waals surface area contributed by atoms with Crippen LogP contribution >= 0.6 is 0 Å². The average Bonchev–Trinajstić information content (AvgIpc) is 3.41. The lowest BCUT2D eigenvalue weighted by Gasteiger charge is -2.39. The fraction of sp³-hybridized carbons (Fsp3) is 0.375. The fourth-order valence-corrected chi connectivity index (χ4v) is 5.48. The second kappa shape index (κ2) is 8.17. The van der Waals surface area contributed by atoms with E-state index in [9.17, 15) is 29.7 Å². The van der Waals surface area contributed by atoms with E-state index < -0.39 is 42.0 Å². The summed E-state index contributed by atoms with van der Waals surface area (Å²) in [7, 11) is 0. The van der Waals surface area contributed by atoms with E-state index in [-0.39, 0.29) is 19.4 Å². The standard InChI is InChI=1S/C24H24N2O7/c27-22(28)17-9-15-12(13-4-2-6-19-16(13)10-20(33-19)24(31)32)3-1-5-14(15)21(17)26-8-7-25-11-18(26)23(29)30/h1-6,17-18,20-21,25H,7-11H2,(H,27,28)(H,29,30)(H,31,32). The molecule has 4 unspecified atom stereocenters. The highest BCUT2D eigenvalue weighted by Crippen LogP contribution is 2.47. The van der Waals surface area contributed by atoms with E-state index in [2.05, 4.69) is 5.32 Å². The molecule has 5 rings (SSSR count). The van der Waals surface area contributed by atoms with Crippen molar-refractivity contribution >= 4 is 17.9 Å². The Balaban J connectivity index is 1.60. The lowest BCUT2D eigenvalue weighted by molar-refractivity contribution is -0.151. The average molecular weight is 452 g/mol. The summed E-state index contributed by atoms with van der Waals surface area (Å²) in [6.07, 6.45) is -0.446. The van der Waals surface area contributed by atoms with Crippen molar-refractivity contribution < 1.29 is 34.4 Å². The summed E-state index contributed by atoms with van der Waals surface area (Å²) in [6, 6.07) is 9.72. The number of carbonyl (C=O) groups is 3. The summed E-state index contributed by atoms with van der Waals surface area (Å²) in [5.74, 6) is -3.22. The molecule has 2 heterocycles. The van der Waals surface area contributed by atoms with Gasteiger partial charge in [0.1, 0.15) is 11.8 Å². The highest BCUT2D eigenvalue weighted by Gasteiger charge is 2.46. The van der Waals surface area contributed by atoms with Gasteiger partial charge in [-0.2, -0.15) is 0 Å². The van der Waals surface area contributed by atoms with Gasteiger partial charge in [-0.1, -0.05) is 30.3 Å². The van der Waals surface area contributed by atoms with Crippen molar-refractivity contribution in [3.05, 3.63) is 53.1 Å². The Morgan fingerprint density at radius 2 is 1.64 bits per heavy atom. The van der Waals surface area contributed by atoms with Gasteiger partial charge in [-0.05, 0) is 34.7 Å². The van der Waals surface area contributed by atoms with Gasteiger partial charge in [-0.15, -0.1) is 0 Å². The predicted octanol–water partition coefficient (Wildman–Crippen LogP) is 1.40. The Kier molecular flexibility index (Phi) is 5.30. The number of rotatable bonds is 5. The number of nitrogens with one attached hydrogen (secondary N) is 1. The molecule has 172 valence electrons. The highest BCUT2D eigenvalue weighted by molar-refractivity contribution is 5.82. The third-order valence-electron chi connectivity index (χ3n) is 6.94. The first-order valence-corrected chi connectivity index (χ1v) is 10.9. The molecule has 0 aromatic heterocycles. The van der Waals surface area contributed by atoms with Crippen LogP contribution in [0.3, 0.4) is 0 Å². The van der Waals surface area contributed by atoms with Crippen molar-refractivity contribution in [3.63, 3.8) is 0 Å². The lowest BCUT2D eigenvalue weighted by atomic mass is 9.91. The first kappa shape index (κ1) is 21.4. The molecule has 0 radical (unpaired) electrons. The maximum Gasteiger partial charge on any atom is 0.345 e. The van der Waals surface area contributed by atoms with E-state index in [0.717, 1.165) is 27.8 Å². The molecule has 9 nitrogen and oxygen atoms in total. The smallest absolute Gasteiger partial charge is 0.345 e. The molecule has 9 heteroatoms. The third-order valence-corrected chi connectivity index (χ3v) is 6.94. The maximum atomic E-state index is 12.3. The summed E-state index contributed by atoms with van der Waals surface area (Å²) >= 11 is 0. The largest absolute Gasteiger partial charge is 0.481 e. The van der Waals surface area contributed by atoms with E-state index in [1.165, 1.54) is 0 Å². The van der Waals surface area contributed by atoms with Gasteiger partial charge in [0.25, 0.3) is 0 Å². The molecule has 0 bridgehead atoms. The number of nitrogens with zero attached hydrogens (tertiary/aromatic N) is 1. The van der Waals surface area contributed by atoms with Gasteiger partial charge in [-0.3, -0.25) is 14.5 Å². The van der Waals surface area contributed by atoms with Crippen LogP contribution < -0.4 is 10.1 Å². The molecule has 0 spiro atoms. The minimum Gasteiger partial charge on any atom is -0.481 e. The summed E-state index contributed by atoms with van der Waals surface area (Å²) < 4.78 is 5.59. The molecular formula is C24H24N2O7. The Bertz CT molecular complexity index is 1150. The van der Waals surface area contributed by atoms with Crippen molar-refractivity contribution in [2.75, 3.05) is 19.6 Å². The van der Waals surface area contributed by atoms with Gasteiger partial charge in [0, 0.05) is 37.7 Å². The van der Waals surface area contributed by atoms with E-state index >= 15 is 0 Å². The van der Waals surface area contributed by atoms with Crippen LogP contribution in [0.4, 0.5) is 0 Å². The van der Waals surface area contributed by atoms with E-state index in [1.54, 1.807) is 17.0 Å². The van der Waals surface area contributed by atoms with Crippen molar-refractivity contribution in [2.45, 2.75) is 31.0 Å². The van der Waals surface area contributed by atoms with Crippen molar-refractivity contribution in [3.8, 4) is 16.9 Å². The van der Waals surface area contributed by atoms with Gasteiger partial charge >= 0.3 is 17.9 Å². The molecule has 0 saturated carbocycles. The molecule has 1 saturated heterocycles. The fourth-order valence-electron chi connectivity index (χ4n) is 5.48. The first-order chi connectivity index (χ1) is 15.9. The van der Waals surface area contributed by atoms with Crippen LogP contribution in [-0.2, 0) is 27.2 Å². The molecule has 1 aliphatic carbocycles. The SMILES string of the molecule is O=C(O)C1Cc2c(cccc2-c2cccc3c2CC(C(=O)O)C3N2CCNCC2C(=O)O)O1. The Morgan fingerprint density at radius 3 is 2.33 bits per heavy atom. The molecule has 0 amide bonds. The Morgan fingerprint density at radius 1 is 0.909 bits per heavy atom. The number of piperazine rings is 1. The van der Waals surface area contributed by atoms with Crippen molar-refractivity contribution in [1.29, 1.82) is 0 Å². The molecule has 4 N–H and O–H groups in total. The molecule has 2 aromatic rings. The number of benzene rings is 2. The summed E-state index contributed by atoms with van der Waals surface area (Å²) in [6.45, 7) is 1.28. The highest BCUT2D eigenvalue weighted by atomic mass is 16.5. The zero-order valence-corrected chi connectivity index (χ0v) is 17.7. The Hall–Kier alpha value is -3.43. The van der Waals surface area contributed by atoms with Gasteiger partial charge in [-0.25, -0.2) is 4.79 Å². The van der Waals surface area contributed by atoms with E-state index in [4.69, 9.17) is 4.74 Å². The molecule has 2 aliphatic heterocycles. The van der Waals surface area contributed by atoms with Crippen LogP contribution in [-0.4, -0.2) is 69.9 Å². The van der Waals surface area contributed by atoms with E-state index in [1.807, 2.05) is 24.3 Å². The molecule has 2 aromatic carbocycles. The summed E-state index contributed by atoms with van der Waals surface area (Å²) in [4.78, 5) is 37.5. The van der Waals surface area contributed by atoms with Gasteiger partial charge in [0.05, 0.1) is 5.92 Å². The number of carboxylic acids is 3. The number of ether oxygens (including phenoxy) is 1. The van der Waals surface area contributed by atoms with Gasteiger partial charge in [0.2, 0.25) is 0 Å². The Labute approximate surface area is 189 Å². The molecule has 33 heavy (non-hydrogen) atoms. The molecule has 4 atom stereocenters. The maximum absolute atomic E-state index is 12.3. The minimum atomic E-state index is -1.03. The second-order valence-electron chi connectivity index (χ2n) is 8.69.